The maximum Gasteiger partial charge on any atom is 0.0900 e. The minimum Gasteiger partial charge on any atom is -0.389 e. The number of β-amino-alcohol motifs (C(OH)–C–C–N with tert-alkyl or cyclic N) is 1. The number of aliphatic hydroxyl groups is 1. The van der Waals surface area contributed by atoms with Gasteiger partial charge in [-0.25, -0.2) is 4.98 Å². The molecule has 1 aliphatic rings. The summed E-state index contributed by atoms with van der Waals surface area (Å²) in [6.45, 7) is 7.68. The minimum atomic E-state index is -0.364. The van der Waals surface area contributed by atoms with Gasteiger partial charge in [-0.2, -0.15) is 0 Å². The van der Waals surface area contributed by atoms with Crippen molar-refractivity contribution in [2.75, 3.05) is 26.3 Å². The molecule has 1 saturated heterocycles. The van der Waals surface area contributed by atoms with E-state index in [1.54, 1.807) is 11.3 Å². The molecular weight excluding hydrogens is 224 g/mol. The zero-order valence-corrected chi connectivity index (χ0v) is 10.6. The van der Waals surface area contributed by atoms with Crippen molar-refractivity contribution in [1.82, 2.24) is 9.88 Å². The number of rotatable bonds is 2. The van der Waals surface area contributed by atoms with Crippen LogP contribution in [0.5, 0.6) is 0 Å². The van der Waals surface area contributed by atoms with Crippen molar-refractivity contribution < 1.29 is 9.84 Å². The van der Waals surface area contributed by atoms with E-state index in [9.17, 15) is 5.11 Å². The quantitative estimate of drug-likeness (QED) is 0.839. The van der Waals surface area contributed by atoms with Gasteiger partial charge >= 0.3 is 0 Å². The first kappa shape index (κ1) is 12.0. The Bertz CT molecular complexity index is 354. The van der Waals surface area contributed by atoms with Crippen LogP contribution in [0, 0.1) is 13.8 Å². The molecule has 90 valence electrons. The maximum atomic E-state index is 9.63. The van der Waals surface area contributed by atoms with E-state index in [0.717, 1.165) is 23.8 Å². The number of hydrogen-bond donors (Lipinski definition) is 1. The summed E-state index contributed by atoms with van der Waals surface area (Å²) < 4.78 is 5.31. The van der Waals surface area contributed by atoms with Crippen LogP contribution in [-0.4, -0.2) is 47.4 Å². The fraction of sp³-hybridized carbons (Fsp3) is 0.727. The molecule has 0 amide bonds. The van der Waals surface area contributed by atoms with Crippen molar-refractivity contribution in [2.24, 2.45) is 0 Å². The fourth-order valence-corrected chi connectivity index (χ4v) is 2.90. The van der Waals surface area contributed by atoms with Crippen molar-refractivity contribution in [3.8, 4) is 0 Å². The van der Waals surface area contributed by atoms with Crippen LogP contribution >= 0.6 is 11.3 Å². The summed E-state index contributed by atoms with van der Waals surface area (Å²) in [6, 6.07) is 0. The molecule has 1 fully saturated rings. The summed E-state index contributed by atoms with van der Waals surface area (Å²) >= 11 is 1.74. The zero-order chi connectivity index (χ0) is 11.5. The van der Waals surface area contributed by atoms with E-state index in [0.29, 0.717) is 19.8 Å². The highest BCUT2D eigenvalue weighted by Crippen LogP contribution is 2.19. The number of aromatic nitrogens is 1. The number of nitrogens with zero attached hydrogens (tertiary/aromatic N) is 2. The number of ether oxygens (including phenoxy) is 1. The normalized spacial score (nSPS) is 23.3. The standard InChI is InChI=1S/C11H18N2O2S/c1-8-11(16-9(2)12-8)6-13-3-4-15-7-10(14)5-13/h10,14H,3-7H2,1-2H3. The molecule has 0 aliphatic carbocycles. The van der Waals surface area contributed by atoms with Crippen molar-refractivity contribution in [3.05, 3.63) is 15.6 Å². The lowest BCUT2D eigenvalue weighted by atomic mass is 10.3. The third kappa shape index (κ3) is 3.01. The third-order valence-electron chi connectivity index (χ3n) is 2.70. The number of hydrogen-bond acceptors (Lipinski definition) is 5. The summed E-state index contributed by atoms with van der Waals surface area (Å²) in [4.78, 5) is 7.95. The molecule has 1 aromatic heterocycles. The Hall–Kier alpha value is -0.490. The average molecular weight is 242 g/mol. The smallest absolute Gasteiger partial charge is 0.0900 e. The van der Waals surface area contributed by atoms with Crippen molar-refractivity contribution in [1.29, 1.82) is 0 Å². The van der Waals surface area contributed by atoms with Crippen LogP contribution in [-0.2, 0) is 11.3 Å². The minimum absolute atomic E-state index is 0.364. The summed E-state index contributed by atoms with van der Waals surface area (Å²) in [7, 11) is 0. The lowest BCUT2D eigenvalue weighted by Gasteiger charge is -2.20. The van der Waals surface area contributed by atoms with Gasteiger partial charge in [-0.15, -0.1) is 11.3 Å². The summed E-state index contributed by atoms with van der Waals surface area (Å²) in [5.74, 6) is 0. The van der Waals surface area contributed by atoms with Crippen LogP contribution in [0.2, 0.25) is 0 Å². The molecule has 1 atom stereocenters. The fourth-order valence-electron chi connectivity index (χ4n) is 1.92. The van der Waals surface area contributed by atoms with Crippen LogP contribution in [0.4, 0.5) is 0 Å². The van der Waals surface area contributed by atoms with Gasteiger partial charge in [-0.1, -0.05) is 0 Å². The molecule has 4 nitrogen and oxygen atoms in total. The maximum absolute atomic E-state index is 9.63. The van der Waals surface area contributed by atoms with Crippen LogP contribution in [0.3, 0.4) is 0 Å². The predicted molar refractivity (Wildman–Crippen MR) is 63.7 cm³/mol. The van der Waals surface area contributed by atoms with Gasteiger partial charge in [0, 0.05) is 24.5 Å². The highest BCUT2D eigenvalue weighted by molar-refractivity contribution is 7.11. The molecule has 0 aromatic carbocycles. The van der Waals surface area contributed by atoms with Gasteiger partial charge < -0.3 is 9.84 Å². The topological polar surface area (TPSA) is 45.6 Å². The first-order chi connectivity index (χ1) is 7.65. The first-order valence-corrected chi connectivity index (χ1v) is 6.38. The van der Waals surface area contributed by atoms with Crippen LogP contribution in [0.25, 0.3) is 0 Å². The zero-order valence-electron chi connectivity index (χ0n) is 9.77. The van der Waals surface area contributed by atoms with Crippen LogP contribution in [0.15, 0.2) is 0 Å². The van der Waals surface area contributed by atoms with E-state index >= 15 is 0 Å². The summed E-state index contributed by atoms with van der Waals surface area (Å²) in [5, 5.41) is 10.7. The largest absolute Gasteiger partial charge is 0.389 e. The second kappa shape index (κ2) is 5.23. The van der Waals surface area contributed by atoms with Crippen molar-refractivity contribution in [2.45, 2.75) is 26.5 Å². The Kier molecular flexibility index (Phi) is 3.91. The molecule has 1 aromatic rings. The highest BCUT2D eigenvalue weighted by Gasteiger charge is 2.18. The number of aliphatic hydroxyl groups excluding tert-OH is 1. The summed E-state index contributed by atoms with van der Waals surface area (Å²) in [6.07, 6.45) is -0.364. The lowest BCUT2D eigenvalue weighted by Crippen LogP contribution is -2.32. The number of thiazole rings is 1. The number of aryl methyl sites for hydroxylation is 2. The van der Waals surface area contributed by atoms with E-state index < -0.39 is 0 Å². The van der Waals surface area contributed by atoms with Gasteiger partial charge in [0.25, 0.3) is 0 Å². The molecule has 1 N–H and O–H groups in total. The monoisotopic (exact) mass is 242 g/mol. The lowest BCUT2D eigenvalue weighted by molar-refractivity contribution is 0.0562. The Morgan fingerprint density at radius 1 is 1.56 bits per heavy atom. The molecule has 0 radical (unpaired) electrons. The Labute approximate surface area is 99.9 Å². The van der Waals surface area contributed by atoms with Gasteiger partial charge in [0.2, 0.25) is 0 Å². The molecule has 1 aliphatic heterocycles. The molecular formula is C11H18N2O2S. The van der Waals surface area contributed by atoms with Gasteiger partial charge in [-0.3, -0.25) is 4.90 Å². The van der Waals surface area contributed by atoms with Gasteiger partial charge in [0.05, 0.1) is 30.0 Å². The molecule has 1 unspecified atom stereocenters. The van der Waals surface area contributed by atoms with Crippen molar-refractivity contribution >= 4 is 11.3 Å². The Morgan fingerprint density at radius 3 is 3.06 bits per heavy atom. The average Bonchev–Trinajstić information content (AvgIpc) is 2.42. The Morgan fingerprint density at radius 2 is 2.38 bits per heavy atom. The SMILES string of the molecule is Cc1nc(C)c(CN2CCOCC(O)C2)s1. The van der Waals surface area contributed by atoms with Gasteiger partial charge in [-0.05, 0) is 13.8 Å². The molecule has 16 heavy (non-hydrogen) atoms. The second-order valence-corrected chi connectivity index (χ2v) is 5.49. The summed E-state index contributed by atoms with van der Waals surface area (Å²) in [5.41, 5.74) is 1.11. The molecule has 0 bridgehead atoms. The highest BCUT2D eigenvalue weighted by atomic mass is 32.1. The van der Waals surface area contributed by atoms with E-state index in [-0.39, 0.29) is 6.10 Å². The van der Waals surface area contributed by atoms with E-state index in [2.05, 4.69) is 9.88 Å². The molecule has 5 heteroatoms. The molecule has 2 rings (SSSR count). The van der Waals surface area contributed by atoms with Gasteiger partial charge in [0.15, 0.2) is 0 Å². The molecule has 0 saturated carbocycles. The van der Waals surface area contributed by atoms with Crippen LogP contribution < -0.4 is 0 Å². The van der Waals surface area contributed by atoms with E-state index in [1.807, 2.05) is 13.8 Å². The van der Waals surface area contributed by atoms with Gasteiger partial charge in [0.1, 0.15) is 0 Å². The van der Waals surface area contributed by atoms with E-state index in [1.165, 1.54) is 4.88 Å². The van der Waals surface area contributed by atoms with Crippen molar-refractivity contribution in [3.63, 3.8) is 0 Å². The Balaban J connectivity index is 2.00. The van der Waals surface area contributed by atoms with Crippen LogP contribution in [0.1, 0.15) is 15.6 Å². The predicted octanol–water partition coefficient (Wildman–Crippen LogP) is 0.953. The van der Waals surface area contributed by atoms with E-state index in [4.69, 9.17) is 4.74 Å². The second-order valence-electron chi connectivity index (χ2n) is 4.21. The molecule has 2 heterocycles. The molecule has 0 spiro atoms. The first-order valence-electron chi connectivity index (χ1n) is 5.56. The third-order valence-corrected chi connectivity index (χ3v) is 3.76.